The zero-order valence-electron chi connectivity index (χ0n) is 21.5. The second-order valence-corrected chi connectivity index (χ2v) is 10.5. The van der Waals surface area contributed by atoms with E-state index in [4.69, 9.17) is 0 Å². The summed E-state index contributed by atoms with van der Waals surface area (Å²) in [4.78, 5) is 0. The fourth-order valence-electron chi connectivity index (χ4n) is 6.94. The van der Waals surface area contributed by atoms with E-state index in [0.29, 0.717) is 0 Å². The summed E-state index contributed by atoms with van der Waals surface area (Å²) < 4.78 is 0. The van der Waals surface area contributed by atoms with Gasteiger partial charge in [-0.15, -0.1) is 0 Å². The van der Waals surface area contributed by atoms with Gasteiger partial charge in [0.1, 0.15) is 0 Å². The maximum atomic E-state index is 2.44. The summed E-state index contributed by atoms with van der Waals surface area (Å²) in [6.45, 7) is 0. The molecule has 0 unspecified atom stereocenters. The molecular formula is C39H26. The Labute approximate surface area is 228 Å². The predicted octanol–water partition coefficient (Wildman–Crippen LogP) is 10.0. The Morgan fingerprint density at radius 1 is 0.359 bits per heavy atom. The van der Waals surface area contributed by atoms with Gasteiger partial charge >= 0.3 is 0 Å². The van der Waals surface area contributed by atoms with Crippen molar-refractivity contribution in [3.05, 3.63) is 180 Å². The molecule has 0 aliphatic heterocycles. The van der Waals surface area contributed by atoms with Crippen molar-refractivity contribution in [2.75, 3.05) is 0 Å². The van der Waals surface area contributed by atoms with E-state index in [2.05, 4.69) is 158 Å². The third-order valence-electron chi connectivity index (χ3n) is 8.51. The summed E-state index contributed by atoms with van der Waals surface area (Å²) in [7, 11) is 0. The first kappa shape index (κ1) is 22.1. The summed E-state index contributed by atoms with van der Waals surface area (Å²) in [6.07, 6.45) is 0. The third-order valence-corrected chi connectivity index (χ3v) is 8.51. The van der Waals surface area contributed by atoms with Gasteiger partial charge in [0, 0.05) is 0 Å². The lowest BCUT2D eigenvalue weighted by Gasteiger charge is -2.34. The SMILES string of the molecule is c1ccc(C2(c3cccc(-c4c5ccccc5cc5ccccc45)c3)c3ccccc3-c3ccccc32)cc1. The Kier molecular flexibility index (Phi) is 4.84. The molecule has 7 aromatic carbocycles. The van der Waals surface area contributed by atoms with Gasteiger partial charge in [-0.05, 0) is 78.2 Å². The molecule has 7 aromatic rings. The maximum absolute atomic E-state index is 2.44. The fraction of sp³-hybridized carbons (Fsp3) is 0.0256. The van der Waals surface area contributed by atoms with Crippen molar-refractivity contribution in [1.29, 1.82) is 0 Å². The van der Waals surface area contributed by atoms with Gasteiger partial charge in [0.15, 0.2) is 0 Å². The highest BCUT2D eigenvalue weighted by molar-refractivity contribution is 6.12. The summed E-state index contributed by atoms with van der Waals surface area (Å²) in [5.74, 6) is 0. The molecule has 0 amide bonds. The van der Waals surface area contributed by atoms with Gasteiger partial charge in [0.05, 0.1) is 5.41 Å². The van der Waals surface area contributed by atoms with E-state index in [9.17, 15) is 0 Å². The molecule has 0 saturated carbocycles. The zero-order valence-corrected chi connectivity index (χ0v) is 21.5. The van der Waals surface area contributed by atoms with Gasteiger partial charge < -0.3 is 0 Å². The Bertz CT molecular complexity index is 1910. The van der Waals surface area contributed by atoms with Crippen LogP contribution >= 0.6 is 0 Å². The second kappa shape index (κ2) is 8.55. The van der Waals surface area contributed by atoms with Crippen molar-refractivity contribution in [2.45, 2.75) is 5.41 Å². The average Bonchev–Trinajstić information content (AvgIpc) is 3.32. The molecule has 0 heterocycles. The van der Waals surface area contributed by atoms with Gasteiger partial charge in [-0.1, -0.05) is 146 Å². The predicted molar refractivity (Wildman–Crippen MR) is 164 cm³/mol. The van der Waals surface area contributed by atoms with Crippen LogP contribution in [0.3, 0.4) is 0 Å². The molecule has 0 nitrogen and oxygen atoms in total. The molecule has 0 fully saturated rings. The normalized spacial score (nSPS) is 13.3. The highest BCUT2D eigenvalue weighted by Crippen LogP contribution is 2.56. The van der Waals surface area contributed by atoms with Crippen molar-refractivity contribution in [3.63, 3.8) is 0 Å². The first-order chi connectivity index (χ1) is 19.4. The first-order valence-electron chi connectivity index (χ1n) is 13.6. The number of fused-ring (bicyclic) bond motifs is 5. The molecule has 182 valence electrons. The Hall–Kier alpha value is -4.94. The molecule has 0 aromatic heterocycles. The monoisotopic (exact) mass is 494 g/mol. The minimum Gasteiger partial charge on any atom is -0.0622 e. The van der Waals surface area contributed by atoms with Crippen LogP contribution in [0, 0.1) is 0 Å². The zero-order chi connectivity index (χ0) is 25.8. The van der Waals surface area contributed by atoms with E-state index in [1.54, 1.807) is 0 Å². The molecule has 0 spiro atoms. The van der Waals surface area contributed by atoms with Gasteiger partial charge in [-0.3, -0.25) is 0 Å². The van der Waals surface area contributed by atoms with Gasteiger partial charge in [-0.25, -0.2) is 0 Å². The van der Waals surface area contributed by atoms with Crippen molar-refractivity contribution in [3.8, 4) is 22.3 Å². The van der Waals surface area contributed by atoms with Crippen LogP contribution in [-0.2, 0) is 5.41 Å². The Morgan fingerprint density at radius 3 is 1.51 bits per heavy atom. The van der Waals surface area contributed by atoms with Crippen LogP contribution in [0.4, 0.5) is 0 Å². The minimum atomic E-state index is -0.398. The topological polar surface area (TPSA) is 0 Å². The summed E-state index contributed by atoms with van der Waals surface area (Å²) in [5, 5.41) is 5.11. The molecule has 0 N–H and O–H groups in total. The number of benzene rings is 7. The van der Waals surface area contributed by atoms with Crippen LogP contribution in [-0.4, -0.2) is 0 Å². The van der Waals surface area contributed by atoms with Crippen LogP contribution in [0.2, 0.25) is 0 Å². The second-order valence-electron chi connectivity index (χ2n) is 10.5. The highest BCUT2D eigenvalue weighted by Gasteiger charge is 2.45. The summed E-state index contributed by atoms with van der Waals surface area (Å²) >= 11 is 0. The molecule has 0 bridgehead atoms. The van der Waals surface area contributed by atoms with Crippen LogP contribution in [0.15, 0.2) is 158 Å². The lowest BCUT2D eigenvalue weighted by atomic mass is 9.67. The summed E-state index contributed by atoms with van der Waals surface area (Å²) in [5.41, 5.74) is 10.1. The smallest absolute Gasteiger partial charge is 0.0622 e. The first-order valence-corrected chi connectivity index (χ1v) is 13.6. The van der Waals surface area contributed by atoms with Crippen molar-refractivity contribution >= 4 is 21.5 Å². The van der Waals surface area contributed by atoms with Crippen LogP contribution in [0.1, 0.15) is 22.3 Å². The molecule has 0 atom stereocenters. The van der Waals surface area contributed by atoms with Crippen molar-refractivity contribution in [2.24, 2.45) is 0 Å². The van der Waals surface area contributed by atoms with Crippen molar-refractivity contribution in [1.82, 2.24) is 0 Å². The molecule has 39 heavy (non-hydrogen) atoms. The molecule has 8 rings (SSSR count). The lowest BCUT2D eigenvalue weighted by Crippen LogP contribution is -2.28. The third kappa shape index (κ3) is 3.12. The minimum absolute atomic E-state index is 0.398. The molecule has 0 saturated heterocycles. The van der Waals surface area contributed by atoms with Gasteiger partial charge in [-0.2, -0.15) is 0 Å². The number of hydrogen-bond acceptors (Lipinski definition) is 0. The molecule has 1 aliphatic rings. The number of hydrogen-bond donors (Lipinski definition) is 0. The van der Waals surface area contributed by atoms with E-state index in [1.807, 2.05) is 0 Å². The lowest BCUT2D eigenvalue weighted by molar-refractivity contribution is 0.769. The highest BCUT2D eigenvalue weighted by atomic mass is 14.5. The fourth-order valence-corrected chi connectivity index (χ4v) is 6.94. The Balaban J connectivity index is 1.49. The van der Waals surface area contributed by atoms with Crippen LogP contribution in [0.25, 0.3) is 43.8 Å². The number of rotatable bonds is 3. The quantitative estimate of drug-likeness (QED) is 0.214. The van der Waals surface area contributed by atoms with E-state index < -0.39 is 5.41 Å². The van der Waals surface area contributed by atoms with Crippen LogP contribution in [0.5, 0.6) is 0 Å². The van der Waals surface area contributed by atoms with E-state index >= 15 is 0 Å². The molecule has 1 aliphatic carbocycles. The van der Waals surface area contributed by atoms with Crippen molar-refractivity contribution < 1.29 is 0 Å². The van der Waals surface area contributed by atoms with E-state index in [0.717, 1.165) is 0 Å². The summed E-state index contributed by atoms with van der Waals surface area (Å²) in [6, 6.07) is 58.1. The van der Waals surface area contributed by atoms with Gasteiger partial charge in [0.2, 0.25) is 0 Å². The van der Waals surface area contributed by atoms with Gasteiger partial charge in [0.25, 0.3) is 0 Å². The van der Waals surface area contributed by atoms with Crippen LogP contribution < -0.4 is 0 Å². The van der Waals surface area contributed by atoms with E-state index in [1.165, 1.54) is 66.1 Å². The standard InChI is InChI=1S/C39H26/c1-2-16-30(17-3-1)39(36-23-10-8-21-34(36)35-22-9-11-24-37(35)39)31-18-12-15-29(26-31)38-32-19-6-4-13-27(32)25-28-14-5-7-20-33(28)38/h1-26H. The molecular weight excluding hydrogens is 468 g/mol. The Morgan fingerprint density at radius 2 is 0.872 bits per heavy atom. The molecule has 0 heteroatoms. The largest absolute Gasteiger partial charge is 0.0713 e. The molecule has 0 radical (unpaired) electrons. The average molecular weight is 495 g/mol. The maximum Gasteiger partial charge on any atom is 0.0713 e. The van der Waals surface area contributed by atoms with E-state index in [-0.39, 0.29) is 0 Å².